The maximum absolute atomic E-state index is 7.76. The van der Waals surface area contributed by atoms with Gasteiger partial charge in [-0.25, -0.2) is 0 Å². The Balaban J connectivity index is 0.000000735. The van der Waals surface area contributed by atoms with Crippen molar-refractivity contribution in [2.45, 2.75) is 25.2 Å². The van der Waals surface area contributed by atoms with Gasteiger partial charge in [0.25, 0.3) is 0 Å². The van der Waals surface area contributed by atoms with Crippen LogP contribution in [-0.2, 0) is 5.41 Å². The average molecular weight is 444 g/mol. The van der Waals surface area contributed by atoms with Gasteiger partial charge in [0.05, 0.1) is 14.2 Å². The molecule has 1 unspecified atom stereocenters. The van der Waals surface area contributed by atoms with E-state index < -0.39 is 7.50 Å². The van der Waals surface area contributed by atoms with Crippen molar-refractivity contribution >= 4 is 19.7 Å². The van der Waals surface area contributed by atoms with Crippen LogP contribution in [-0.4, -0.2) is 19.1 Å². The van der Waals surface area contributed by atoms with E-state index in [0.717, 1.165) is 29.9 Å². The first-order valence-electron chi connectivity index (χ1n) is 9.76. The zero-order chi connectivity index (χ0) is 22.0. The number of ether oxygens (including phenoxy) is 2. The van der Waals surface area contributed by atoms with E-state index in [9.17, 15) is 0 Å². The third-order valence-electron chi connectivity index (χ3n) is 5.02. The molecule has 0 heterocycles. The predicted molar refractivity (Wildman–Crippen MR) is 130 cm³/mol. The van der Waals surface area contributed by atoms with Gasteiger partial charge in [0.1, 0.15) is 0 Å². The lowest BCUT2D eigenvalue weighted by Gasteiger charge is -2.37. The number of methoxy groups -OCH3 is 2. The molecule has 1 atom stereocenters. The van der Waals surface area contributed by atoms with E-state index in [1.54, 1.807) is 14.2 Å². The summed E-state index contributed by atoms with van der Waals surface area (Å²) in [6.45, 7) is 2.23. The molecule has 0 spiro atoms. The summed E-state index contributed by atoms with van der Waals surface area (Å²) in [7, 11) is 1.98. The summed E-state index contributed by atoms with van der Waals surface area (Å²) in [4.78, 5) is 7.76. The molecule has 0 radical (unpaired) electrons. The SMILES string of the molecule is CCCC(c1ccccc1)(c1ccccc1)c1cccc(OC)c1OC.NP(O)S. The van der Waals surface area contributed by atoms with Crippen molar-refractivity contribution < 1.29 is 14.4 Å². The topological polar surface area (TPSA) is 64.7 Å². The first-order valence-corrected chi connectivity index (χ1v) is 12.3. The van der Waals surface area contributed by atoms with E-state index in [0.29, 0.717) is 0 Å². The summed E-state index contributed by atoms with van der Waals surface area (Å²) in [5.74, 6) is 1.56. The number of rotatable bonds is 7. The molecule has 6 heteroatoms. The summed E-state index contributed by atoms with van der Waals surface area (Å²) < 4.78 is 11.4. The maximum atomic E-state index is 7.76. The minimum atomic E-state index is -1.43. The average Bonchev–Trinajstić information content (AvgIpc) is 2.77. The van der Waals surface area contributed by atoms with Gasteiger partial charge in [-0.1, -0.05) is 86.1 Å². The van der Waals surface area contributed by atoms with Gasteiger partial charge in [-0.05, 0) is 23.6 Å². The molecule has 30 heavy (non-hydrogen) atoms. The molecular weight excluding hydrogens is 413 g/mol. The molecule has 0 amide bonds. The van der Waals surface area contributed by atoms with Crippen molar-refractivity contribution in [3.05, 3.63) is 95.6 Å². The van der Waals surface area contributed by atoms with Gasteiger partial charge in [-0.2, -0.15) is 0 Å². The highest BCUT2D eigenvalue weighted by Crippen LogP contribution is 2.48. The van der Waals surface area contributed by atoms with Gasteiger partial charge in [0.2, 0.25) is 0 Å². The Bertz CT molecular complexity index is 849. The van der Waals surface area contributed by atoms with Crippen molar-refractivity contribution in [3.8, 4) is 11.5 Å². The fourth-order valence-electron chi connectivity index (χ4n) is 3.94. The van der Waals surface area contributed by atoms with Crippen LogP contribution in [0.4, 0.5) is 0 Å². The molecule has 160 valence electrons. The Hall–Kier alpha value is -2.04. The Morgan fingerprint density at radius 2 is 1.37 bits per heavy atom. The van der Waals surface area contributed by atoms with Gasteiger partial charge >= 0.3 is 0 Å². The third kappa shape index (κ3) is 5.55. The molecule has 0 fully saturated rings. The molecule has 3 rings (SSSR count). The lowest BCUT2D eigenvalue weighted by Crippen LogP contribution is -2.30. The second-order valence-corrected chi connectivity index (χ2v) is 8.62. The fourth-order valence-corrected chi connectivity index (χ4v) is 3.94. The molecule has 3 aromatic rings. The van der Waals surface area contributed by atoms with Gasteiger partial charge in [-0.15, -0.1) is 12.2 Å². The number of thiol groups is 1. The number of nitrogens with two attached hydrogens (primary N) is 1. The van der Waals surface area contributed by atoms with Crippen molar-refractivity contribution in [2.24, 2.45) is 5.50 Å². The smallest absolute Gasteiger partial charge is 0.165 e. The Kier molecular flexibility index (Phi) is 9.67. The van der Waals surface area contributed by atoms with Gasteiger partial charge in [0, 0.05) is 11.0 Å². The largest absolute Gasteiger partial charge is 0.493 e. The summed E-state index contributed by atoms with van der Waals surface area (Å²) in [5, 5.41) is 0. The van der Waals surface area contributed by atoms with E-state index in [2.05, 4.69) is 91.4 Å². The van der Waals surface area contributed by atoms with Crippen LogP contribution >= 0.6 is 19.7 Å². The first-order chi connectivity index (χ1) is 14.5. The molecular formula is C24H30NO3PS. The van der Waals surface area contributed by atoms with Crippen LogP contribution in [0.2, 0.25) is 0 Å². The van der Waals surface area contributed by atoms with E-state index in [1.807, 2.05) is 12.1 Å². The van der Waals surface area contributed by atoms with Crippen LogP contribution in [0.1, 0.15) is 36.5 Å². The Morgan fingerprint density at radius 1 is 0.867 bits per heavy atom. The van der Waals surface area contributed by atoms with Crippen LogP contribution in [0, 0.1) is 0 Å². The molecule has 0 aromatic heterocycles. The Morgan fingerprint density at radius 3 is 1.77 bits per heavy atom. The van der Waals surface area contributed by atoms with E-state index in [1.165, 1.54) is 11.1 Å². The molecule has 4 nitrogen and oxygen atoms in total. The zero-order valence-corrected chi connectivity index (χ0v) is 19.4. The first kappa shape index (κ1) is 24.2. The highest BCUT2D eigenvalue weighted by atomic mass is 32.7. The minimum Gasteiger partial charge on any atom is -0.493 e. The van der Waals surface area contributed by atoms with Crippen molar-refractivity contribution in [2.75, 3.05) is 14.2 Å². The van der Waals surface area contributed by atoms with Crippen molar-refractivity contribution in [1.82, 2.24) is 0 Å². The van der Waals surface area contributed by atoms with Crippen LogP contribution in [0.15, 0.2) is 78.9 Å². The van der Waals surface area contributed by atoms with Crippen molar-refractivity contribution in [3.63, 3.8) is 0 Å². The van der Waals surface area contributed by atoms with E-state index >= 15 is 0 Å². The van der Waals surface area contributed by atoms with Crippen LogP contribution in [0.25, 0.3) is 0 Å². The molecule has 0 aliphatic rings. The second kappa shape index (κ2) is 12.0. The van der Waals surface area contributed by atoms with Crippen LogP contribution < -0.4 is 15.0 Å². The summed E-state index contributed by atoms with van der Waals surface area (Å²) in [6.07, 6.45) is 2.02. The number of benzene rings is 3. The Labute approximate surface area is 186 Å². The fraction of sp³-hybridized carbons (Fsp3) is 0.250. The van der Waals surface area contributed by atoms with E-state index in [4.69, 9.17) is 14.4 Å². The molecule has 3 aromatic carbocycles. The standard InChI is InChI=1S/C24H26O2.H4NOPS/c1-4-18-24(19-12-7-5-8-13-19,20-14-9-6-10-15-20)21-16-11-17-22(25-2)23(21)26-3;1-3(2)4/h5-17H,4,18H2,1-3H3;2,4H,1H2. The molecule has 0 saturated carbocycles. The minimum absolute atomic E-state index is 0.294. The number of para-hydroxylation sites is 1. The maximum Gasteiger partial charge on any atom is 0.165 e. The zero-order valence-electron chi connectivity index (χ0n) is 17.7. The summed E-state index contributed by atoms with van der Waals surface area (Å²) in [5.41, 5.74) is 7.97. The van der Waals surface area contributed by atoms with Gasteiger partial charge in [-0.3, -0.25) is 5.50 Å². The van der Waals surface area contributed by atoms with Crippen LogP contribution in [0.5, 0.6) is 11.5 Å². The van der Waals surface area contributed by atoms with E-state index in [-0.39, 0.29) is 5.41 Å². The highest BCUT2D eigenvalue weighted by Gasteiger charge is 2.38. The van der Waals surface area contributed by atoms with Gasteiger partial charge < -0.3 is 14.4 Å². The number of hydrogen-bond acceptors (Lipinski definition) is 5. The predicted octanol–water partition coefficient (Wildman–Crippen LogP) is 5.93. The lowest BCUT2D eigenvalue weighted by atomic mass is 9.66. The second-order valence-electron chi connectivity index (χ2n) is 6.75. The third-order valence-corrected chi connectivity index (χ3v) is 5.02. The van der Waals surface area contributed by atoms with Crippen LogP contribution in [0.3, 0.4) is 0 Å². The molecule has 0 aliphatic carbocycles. The van der Waals surface area contributed by atoms with Gasteiger partial charge in [0.15, 0.2) is 19.0 Å². The molecule has 0 saturated heterocycles. The molecule has 3 N–H and O–H groups in total. The summed E-state index contributed by atoms with van der Waals surface area (Å²) >= 11 is 3.36. The summed E-state index contributed by atoms with van der Waals surface area (Å²) in [6, 6.07) is 27.6. The quantitative estimate of drug-likeness (QED) is 0.240. The monoisotopic (exact) mass is 443 g/mol. The number of hydrogen-bond donors (Lipinski definition) is 3. The highest BCUT2D eigenvalue weighted by molar-refractivity contribution is 8.42. The lowest BCUT2D eigenvalue weighted by molar-refractivity contribution is 0.345. The normalized spacial score (nSPS) is 11.8. The molecule has 0 bridgehead atoms. The molecule has 0 aliphatic heterocycles. The van der Waals surface area contributed by atoms with Crippen molar-refractivity contribution in [1.29, 1.82) is 0 Å².